The van der Waals surface area contributed by atoms with E-state index < -0.39 is 29.8 Å². The van der Waals surface area contributed by atoms with Crippen molar-refractivity contribution in [1.82, 2.24) is 0 Å². The van der Waals surface area contributed by atoms with Crippen LogP contribution in [0.4, 0.5) is 17.6 Å². The van der Waals surface area contributed by atoms with Gasteiger partial charge in [-0.25, -0.2) is 4.39 Å². The van der Waals surface area contributed by atoms with Crippen molar-refractivity contribution < 1.29 is 27.8 Å². The lowest BCUT2D eigenvalue weighted by molar-refractivity contribution is -0.137. The molecule has 0 radical (unpaired) electrons. The van der Waals surface area contributed by atoms with E-state index >= 15 is 0 Å². The highest BCUT2D eigenvalue weighted by Gasteiger charge is 2.32. The van der Waals surface area contributed by atoms with Gasteiger partial charge in [-0.2, -0.15) is 13.2 Å². The molecule has 1 rings (SSSR count). The largest absolute Gasteiger partial charge is 0.416 e. The van der Waals surface area contributed by atoms with Crippen molar-refractivity contribution >= 4 is 15.9 Å². The van der Waals surface area contributed by atoms with E-state index in [0.29, 0.717) is 12.1 Å². The summed E-state index contributed by atoms with van der Waals surface area (Å²) in [7, 11) is 0. The van der Waals surface area contributed by atoms with Crippen molar-refractivity contribution in [2.24, 2.45) is 0 Å². The number of rotatable bonds is 3. The average Bonchev–Trinajstić information content (AvgIpc) is 2.25. The molecule has 0 amide bonds. The summed E-state index contributed by atoms with van der Waals surface area (Å²) in [5.74, 6) is -1.20. The summed E-state index contributed by atoms with van der Waals surface area (Å²) in [4.78, 5) is 0. The highest BCUT2D eigenvalue weighted by Crippen LogP contribution is 2.32. The zero-order chi connectivity index (χ0) is 13.2. The molecule has 0 spiro atoms. The van der Waals surface area contributed by atoms with Crippen molar-refractivity contribution in [3.63, 3.8) is 0 Å². The molecular formula is C10H9BrF4O2. The van der Waals surface area contributed by atoms with E-state index in [4.69, 9.17) is 0 Å². The lowest BCUT2D eigenvalue weighted by Gasteiger charge is -2.17. The molecule has 7 heteroatoms. The molecular weight excluding hydrogens is 308 g/mol. The Morgan fingerprint density at radius 2 is 1.82 bits per heavy atom. The van der Waals surface area contributed by atoms with Crippen LogP contribution in [0.2, 0.25) is 0 Å². The maximum Gasteiger partial charge on any atom is 0.416 e. The third-order valence-electron chi connectivity index (χ3n) is 2.17. The minimum absolute atomic E-state index is 0.0192. The molecule has 0 heterocycles. The summed E-state index contributed by atoms with van der Waals surface area (Å²) in [6, 6.07) is 1.76. The number of aliphatic hydroxyl groups excluding tert-OH is 2. The van der Waals surface area contributed by atoms with Crippen LogP contribution >= 0.6 is 15.9 Å². The van der Waals surface area contributed by atoms with Gasteiger partial charge in [0.2, 0.25) is 0 Å². The van der Waals surface area contributed by atoms with Crippen LogP contribution in [0.15, 0.2) is 18.2 Å². The molecule has 2 unspecified atom stereocenters. The average molecular weight is 317 g/mol. The first-order valence-electron chi connectivity index (χ1n) is 4.56. The SMILES string of the molecule is OC(CBr)C(O)c1ccc(C(F)(F)F)cc1F. The van der Waals surface area contributed by atoms with Gasteiger partial charge in [0.05, 0.1) is 11.7 Å². The summed E-state index contributed by atoms with van der Waals surface area (Å²) >= 11 is 2.87. The molecule has 0 aliphatic rings. The number of alkyl halides is 4. The summed E-state index contributed by atoms with van der Waals surface area (Å²) in [6.07, 6.45) is -7.50. The van der Waals surface area contributed by atoms with E-state index in [2.05, 4.69) is 15.9 Å². The summed E-state index contributed by atoms with van der Waals surface area (Å²) in [5.41, 5.74) is -1.51. The van der Waals surface area contributed by atoms with Gasteiger partial charge in [-0.05, 0) is 12.1 Å². The molecule has 0 aromatic heterocycles. The summed E-state index contributed by atoms with van der Waals surface area (Å²) in [5, 5.41) is 18.7. The maximum atomic E-state index is 13.3. The van der Waals surface area contributed by atoms with Crippen LogP contribution in [0.25, 0.3) is 0 Å². The van der Waals surface area contributed by atoms with Crippen LogP contribution in [0.1, 0.15) is 17.2 Å². The fourth-order valence-corrected chi connectivity index (χ4v) is 1.59. The Morgan fingerprint density at radius 1 is 1.24 bits per heavy atom. The fourth-order valence-electron chi connectivity index (χ4n) is 1.23. The predicted octanol–water partition coefficient (Wildman–Crippen LogP) is 2.63. The van der Waals surface area contributed by atoms with Crippen LogP contribution in [0, 0.1) is 5.82 Å². The highest BCUT2D eigenvalue weighted by molar-refractivity contribution is 9.09. The first kappa shape index (κ1) is 14.4. The topological polar surface area (TPSA) is 40.5 Å². The van der Waals surface area contributed by atoms with Crippen molar-refractivity contribution in [1.29, 1.82) is 0 Å². The number of hydrogen-bond acceptors (Lipinski definition) is 2. The standard InChI is InChI=1S/C10H9BrF4O2/c11-4-8(16)9(17)6-2-1-5(3-7(6)12)10(13,14)15/h1-3,8-9,16-17H,4H2. The Balaban J connectivity index is 3.06. The van der Waals surface area contributed by atoms with Gasteiger partial charge in [-0.1, -0.05) is 22.0 Å². The zero-order valence-electron chi connectivity index (χ0n) is 8.38. The Bertz CT molecular complexity index is 394. The molecule has 1 aromatic carbocycles. The van der Waals surface area contributed by atoms with E-state index in [9.17, 15) is 27.8 Å². The lowest BCUT2D eigenvalue weighted by Crippen LogP contribution is -2.21. The number of aliphatic hydroxyl groups is 2. The second-order valence-electron chi connectivity index (χ2n) is 3.40. The normalized spacial score (nSPS) is 15.7. The quantitative estimate of drug-likeness (QED) is 0.665. The highest BCUT2D eigenvalue weighted by atomic mass is 79.9. The first-order chi connectivity index (χ1) is 7.77. The van der Waals surface area contributed by atoms with Gasteiger partial charge in [0, 0.05) is 10.9 Å². The molecule has 0 saturated heterocycles. The fraction of sp³-hybridized carbons (Fsp3) is 0.400. The van der Waals surface area contributed by atoms with Crippen molar-refractivity contribution in [3.8, 4) is 0 Å². The van der Waals surface area contributed by atoms with Crippen molar-refractivity contribution in [3.05, 3.63) is 35.1 Å². The van der Waals surface area contributed by atoms with E-state index in [0.717, 1.165) is 6.07 Å². The van der Waals surface area contributed by atoms with Crippen LogP contribution in [0.3, 0.4) is 0 Å². The minimum Gasteiger partial charge on any atom is -0.389 e. The van der Waals surface area contributed by atoms with Gasteiger partial charge < -0.3 is 10.2 Å². The van der Waals surface area contributed by atoms with E-state index in [1.165, 1.54) is 0 Å². The molecule has 0 bridgehead atoms. The Hall–Kier alpha value is -0.660. The molecule has 0 saturated carbocycles. The monoisotopic (exact) mass is 316 g/mol. The Labute approximate surface area is 103 Å². The van der Waals surface area contributed by atoms with Gasteiger partial charge in [-0.3, -0.25) is 0 Å². The molecule has 96 valence electrons. The Kier molecular flexibility index (Phi) is 4.51. The molecule has 2 atom stereocenters. The smallest absolute Gasteiger partial charge is 0.389 e. The lowest BCUT2D eigenvalue weighted by atomic mass is 10.0. The molecule has 2 N–H and O–H groups in total. The minimum atomic E-state index is -4.64. The molecule has 17 heavy (non-hydrogen) atoms. The van der Waals surface area contributed by atoms with Gasteiger partial charge >= 0.3 is 6.18 Å². The molecule has 0 aliphatic heterocycles. The summed E-state index contributed by atoms with van der Waals surface area (Å²) in [6.45, 7) is 0. The molecule has 2 nitrogen and oxygen atoms in total. The van der Waals surface area contributed by atoms with E-state index in [-0.39, 0.29) is 10.9 Å². The zero-order valence-corrected chi connectivity index (χ0v) is 9.96. The molecule has 1 aromatic rings. The van der Waals surface area contributed by atoms with Crippen molar-refractivity contribution in [2.45, 2.75) is 18.4 Å². The number of halogens is 5. The predicted molar refractivity (Wildman–Crippen MR) is 56.2 cm³/mol. The first-order valence-corrected chi connectivity index (χ1v) is 5.68. The second-order valence-corrected chi connectivity index (χ2v) is 4.05. The van der Waals surface area contributed by atoms with Crippen LogP contribution in [-0.4, -0.2) is 21.6 Å². The van der Waals surface area contributed by atoms with Gasteiger partial charge in [0.25, 0.3) is 0 Å². The Morgan fingerprint density at radius 3 is 2.24 bits per heavy atom. The van der Waals surface area contributed by atoms with Gasteiger partial charge in [0.1, 0.15) is 11.9 Å². The number of hydrogen-bond donors (Lipinski definition) is 2. The second kappa shape index (κ2) is 5.32. The van der Waals surface area contributed by atoms with Crippen LogP contribution in [-0.2, 0) is 6.18 Å². The van der Waals surface area contributed by atoms with E-state index in [1.807, 2.05) is 0 Å². The van der Waals surface area contributed by atoms with E-state index in [1.54, 1.807) is 0 Å². The maximum absolute atomic E-state index is 13.3. The van der Waals surface area contributed by atoms with Crippen LogP contribution < -0.4 is 0 Å². The van der Waals surface area contributed by atoms with Crippen LogP contribution in [0.5, 0.6) is 0 Å². The summed E-state index contributed by atoms with van der Waals surface area (Å²) < 4.78 is 50.1. The molecule has 0 aliphatic carbocycles. The molecule has 0 fully saturated rings. The number of benzene rings is 1. The third kappa shape index (κ3) is 3.40. The van der Waals surface area contributed by atoms with Crippen molar-refractivity contribution in [2.75, 3.05) is 5.33 Å². The van der Waals surface area contributed by atoms with Gasteiger partial charge in [0.15, 0.2) is 0 Å². The van der Waals surface area contributed by atoms with Gasteiger partial charge in [-0.15, -0.1) is 0 Å². The third-order valence-corrected chi connectivity index (χ3v) is 2.83.